The number of aryl methyl sites for hydroxylation is 1. The van der Waals surface area contributed by atoms with Gasteiger partial charge < -0.3 is 24.1 Å². The first-order valence-corrected chi connectivity index (χ1v) is 16.6. The van der Waals surface area contributed by atoms with Crippen LogP contribution in [0.1, 0.15) is 80.9 Å². The minimum Gasteiger partial charge on any atom is -0.466 e. The summed E-state index contributed by atoms with van der Waals surface area (Å²) in [6, 6.07) is 11.9. The number of nitrogens with zero attached hydrogens (tertiary/aromatic N) is 2. The standard InChI is InChI=1S/C35H43ClFN3O6/c1-4-20-45-35(40-18-8-9-19-40,46-25-15-12-23(13-16-25)34(43)44-5-2)32(41)31(37)24-14-17-29(28(36)21-24)38-33(42)27-22-39(3)30-11-7-6-10-26(27)30/h6-7,10-11,14,17,21-23,25,31H,4-5,8-9,12-13,15-16,18-20H2,1-3H3,(H,38,42). The summed E-state index contributed by atoms with van der Waals surface area (Å²) < 4.78 is 36.2. The van der Waals surface area contributed by atoms with E-state index in [-0.39, 0.29) is 35.0 Å². The van der Waals surface area contributed by atoms with Gasteiger partial charge in [-0.2, -0.15) is 0 Å². The number of Topliss-reactive ketones (excluding diaryl/α,β-unsaturated/α-hetero) is 1. The highest BCUT2D eigenvalue weighted by molar-refractivity contribution is 6.34. The number of alkyl halides is 1. The van der Waals surface area contributed by atoms with Crippen LogP contribution in [0.15, 0.2) is 48.7 Å². The summed E-state index contributed by atoms with van der Waals surface area (Å²) in [4.78, 5) is 41.5. The largest absolute Gasteiger partial charge is 0.466 e. The second kappa shape index (κ2) is 15.1. The highest BCUT2D eigenvalue weighted by Gasteiger charge is 2.53. The first kappa shape index (κ1) is 34.0. The molecule has 0 bridgehead atoms. The van der Waals surface area contributed by atoms with Gasteiger partial charge in [0, 0.05) is 37.2 Å². The van der Waals surface area contributed by atoms with E-state index in [9.17, 15) is 14.4 Å². The summed E-state index contributed by atoms with van der Waals surface area (Å²) in [6.45, 7) is 5.28. The molecule has 3 aromatic rings. The molecule has 1 aliphatic carbocycles. The fourth-order valence-corrected chi connectivity index (χ4v) is 6.69. The number of aromatic nitrogens is 1. The first-order valence-electron chi connectivity index (χ1n) is 16.2. The van der Waals surface area contributed by atoms with Crippen molar-refractivity contribution in [3.8, 4) is 0 Å². The summed E-state index contributed by atoms with van der Waals surface area (Å²) in [5.74, 6) is -3.56. The zero-order chi connectivity index (χ0) is 32.8. The van der Waals surface area contributed by atoms with Crippen molar-refractivity contribution < 1.29 is 33.0 Å². The van der Waals surface area contributed by atoms with Crippen molar-refractivity contribution in [2.45, 2.75) is 77.0 Å². The first-order chi connectivity index (χ1) is 22.2. The number of benzene rings is 2. The summed E-state index contributed by atoms with van der Waals surface area (Å²) in [5, 5.41) is 3.72. The van der Waals surface area contributed by atoms with Crippen LogP contribution in [-0.4, -0.2) is 65.4 Å². The molecule has 1 saturated heterocycles. The molecular weight excluding hydrogens is 613 g/mol. The zero-order valence-electron chi connectivity index (χ0n) is 26.7. The predicted octanol–water partition coefficient (Wildman–Crippen LogP) is 6.98. The third kappa shape index (κ3) is 7.15. The number of fused-ring (bicyclic) bond motifs is 1. The Labute approximate surface area is 274 Å². The molecule has 1 aromatic heterocycles. The molecule has 2 fully saturated rings. The molecule has 0 radical (unpaired) electrons. The van der Waals surface area contributed by atoms with Crippen LogP contribution >= 0.6 is 11.6 Å². The van der Waals surface area contributed by atoms with Crippen LogP contribution in [0, 0.1) is 5.92 Å². The number of nitrogens with one attached hydrogen (secondary N) is 1. The second-order valence-corrected chi connectivity index (χ2v) is 12.5. The van der Waals surface area contributed by atoms with E-state index in [2.05, 4.69) is 5.32 Å². The molecule has 0 spiro atoms. The van der Waals surface area contributed by atoms with Gasteiger partial charge in [-0.05, 0) is 75.6 Å². The lowest BCUT2D eigenvalue weighted by Crippen LogP contribution is -2.60. The topological polar surface area (TPSA) is 99.1 Å². The van der Waals surface area contributed by atoms with Crippen LogP contribution in [0.5, 0.6) is 0 Å². The maximum Gasteiger partial charge on any atom is 0.308 e. The molecule has 2 unspecified atom stereocenters. The fourth-order valence-electron chi connectivity index (χ4n) is 6.45. The molecular formula is C35H43ClFN3O6. The Morgan fingerprint density at radius 3 is 2.46 bits per heavy atom. The van der Waals surface area contributed by atoms with Crippen molar-refractivity contribution >= 4 is 45.9 Å². The number of anilines is 1. The van der Waals surface area contributed by atoms with E-state index in [1.165, 1.54) is 18.2 Å². The third-order valence-electron chi connectivity index (χ3n) is 8.86. The van der Waals surface area contributed by atoms with Gasteiger partial charge in [0.1, 0.15) is 0 Å². The second-order valence-electron chi connectivity index (χ2n) is 12.1. The fraction of sp³-hybridized carbons (Fsp3) is 0.514. The molecule has 1 amide bonds. The van der Waals surface area contributed by atoms with E-state index in [1.54, 1.807) is 18.0 Å². The minimum absolute atomic E-state index is 0.0384. The molecule has 5 rings (SSSR count). The summed E-state index contributed by atoms with van der Waals surface area (Å²) >= 11 is 6.57. The number of carbonyl (C=O) groups is 3. The predicted molar refractivity (Wildman–Crippen MR) is 174 cm³/mol. The van der Waals surface area contributed by atoms with Crippen LogP contribution < -0.4 is 5.32 Å². The van der Waals surface area contributed by atoms with E-state index in [4.69, 9.17) is 25.8 Å². The third-order valence-corrected chi connectivity index (χ3v) is 9.17. The molecule has 1 N–H and O–H groups in total. The van der Waals surface area contributed by atoms with Crippen LogP contribution in [-0.2, 0) is 30.8 Å². The van der Waals surface area contributed by atoms with Crippen LogP contribution in [0.2, 0.25) is 5.02 Å². The van der Waals surface area contributed by atoms with E-state index in [0.717, 1.165) is 23.7 Å². The average Bonchev–Trinajstić information content (AvgIpc) is 3.73. The lowest BCUT2D eigenvalue weighted by atomic mass is 9.87. The number of ketones is 1. The molecule has 2 heterocycles. The number of esters is 1. The SMILES string of the molecule is CCCOC(OC1CCC(C(=O)OCC)CC1)(C(=O)C(F)c1ccc(NC(=O)c2cn(C)c3ccccc23)c(Cl)c1)N1CCCC1. The molecule has 9 nitrogen and oxygen atoms in total. The number of rotatable bonds is 13. The molecule has 46 heavy (non-hydrogen) atoms. The van der Waals surface area contributed by atoms with Crippen LogP contribution in [0.3, 0.4) is 0 Å². The minimum atomic E-state index is -2.10. The van der Waals surface area contributed by atoms with Gasteiger partial charge in [0.2, 0.25) is 5.78 Å². The highest BCUT2D eigenvalue weighted by Crippen LogP contribution is 2.39. The van der Waals surface area contributed by atoms with Gasteiger partial charge in [0.15, 0.2) is 6.17 Å². The van der Waals surface area contributed by atoms with E-state index >= 15 is 4.39 Å². The molecule has 2 aliphatic rings. The smallest absolute Gasteiger partial charge is 0.308 e. The number of para-hydroxylation sites is 1. The number of amides is 1. The molecule has 248 valence electrons. The lowest BCUT2D eigenvalue weighted by Gasteiger charge is -2.43. The van der Waals surface area contributed by atoms with Gasteiger partial charge in [-0.3, -0.25) is 14.4 Å². The van der Waals surface area contributed by atoms with Crippen LogP contribution in [0.4, 0.5) is 10.1 Å². The zero-order valence-corrected chi connectivity index (χ0v) is 27.5. The summed E-state index contributed by atoms with van der Waals surface area (Å²) in [6.07, 6.45) is 3.68. The summed E-state index contributed by atoms with van der Waals surface area (Å²) in [7, 11) is 1.86. The van der Waals surface area contributed by atoms with Crippen molar-refractivity contribution in [1.29, 1.82) is 0 Å². The molecule has 11 heteroatoms. The Balaban J connectivity index is 1.36. The number of hydrogen-bond acceptors (Lipinski definition) is 7. The number of ether oxygens (including phenoxy) is 3. The Bertz CT molecular complexity index is 1550. The number of halogens is 2. The van der Waals surface area contributed by atoms with Crippen molar-refractivity contribution in [2.24, 2.45) is 13.0 Å². The van der Waals surface area contributed by atoms with E-state index in [0.29, 0.717) is 63.1 Å². The molecule has 1 aliphatic heterocycles. The van der Waals surface area contributed by atoms with Gasteiger partial charge in [-0.1, -0.05) is 42.8 Å². The number of hydrogen-bond donors (Lipinski definition) is 1. The normalized spacial score (nSPS) is 20.7. The van der Waals surface area contributed by atoms with Crippen molar-refractivity contribution in [3.63, 3.8) is 0 Å². The quantitative estimate of drug-likeness (QED) is 0.157. The maximum atomic E-state index is 16.4. The van der Waals surface area contributed by atoms with Crippen molar-refractivity contribution in [1.82, 2.24) is 9.47 Å². The summed E-state index contributed by atoms with van der Waals surface area (Å²) in [5.41, 5.74) is 1.73. The van der Waals surface area contributed by atoms with Crippen molar-refractivity contribution in [2.75, 3.05) is 31.6 Å². The Hall–Kier alpha value is -3.31. The van der Waals surface area contributed by atoms with Gasteiger partial charge in [0.25, 0.3) is 11.8 Å². The van der Waals surface area contributed by atoms with E-state index in [1.807, 2.05) is 42.8 Å². The Morgan fingerprint density at radius 1 is 1.07 bits per heavy atom. The van der Waals surface area contributed by atoms with E-state index < -0.39 is 24.0 Å². The van der Waals surface area contributed by atoms with Gasteiger partial charge in [-0.25, -0.2) is 9.29 Å². The number of likely N-dealkylation sites (tertiary alicyclic amines) is 1. The molecule has 2 atom stereocenters. The van der Waals surface area contributed by atoms with Crippen molar-refractivity contribution in [3.05, 3.63) is 64.8 Å². The van der Waals surface area contributed by atoms with Crippen LogP contribution in [0.25, 0.3) is 10.9 Å². The molecule has 1 saturated carbocycles. The van der Waals surface area contributed by atoms with Gasteiger partial charge >= 0.3 is 5.97 Å². The Kier molecular flexibility index (Phi) is 11.1. The lowest BCUT2D eigenvalue weighted by molar-refractivity contribution is -0.313. The number of carbonyl (C=O) groups excluding carboxylic acids is 3. The monoisotopic (exact) mass is 655 g/mol. The van der Waals surface area contributed by atoms with Gasteiger partial charge in [0.05, 0.1) is 41.5 Å². The average molecular weight is 656 g/mol. The highest BCUT2D eigenvalue weighted by atomic mass is 35.5. The Morgan fingerprint density at radius 2 is 1.78 bits per heavy atom. The molecule has 2 aromatic carbocycles. The van der Waals surface area contributed by atoms with Gasteiger partial charge in [-0.15, -0.1) is 0 Å². The maximum absolute atomic E-state index is 16.4.